The summed E-state index contributed by atoms with van der Waals surface area (Å²) in [6.45, 7) is 1.98. The summed E-state index contributed by atoms with van der Waals surface area (Å²) in [4.78, 5) is 11.8. The third kappa shape index (κ3) is 1.23. The van der Waals surface area contributed by atoms with E-state index < -0.39 is 5.41 Å². The SMILES string of the molecule is C[C@@]12C(=O)CCC[C@H]1CCC[C@H]2O. The molecule has 2 fully saturated rings. The van der Waals surface area contributed by atoms with Gasteiger partial charge in [-0.3, -0.25) is 4.79 Å². The Kier molecular flexibility index (Phi) is 2.18. The van der Waals surface area contributed by atoms with Crippen molar-refractivity contribution in [3.05, 3.63) is 0 Å². The highest BCUT2D eigenvalue weighted by atomic mass is 16.3. The minimum Gasteiger partial charge on any atom is -0.392 e. The molecular weight excluding hydrogens is 164 g/mol. The Labute approximate surface area is 79.3 Å². The molecule has 13 heavy (non-hydrogen) atoms. The van der Waals surface area contributed by atoms with Gasteiger partial charge in [0, 0.05) is 6.42 Å². The number of hydrogen-bond donors (Lipinski definition) is 1. The number of Topliss-reactive ketones (excluding diaryl/α,β-unsaturated/α-hetero) is 1. The van der Waals surface area contributed by atoms with E-state index in [1.165, 1.54) is 0 Å². The first-order valence-electron chi connectivity index (χ1n) is 5.37. The van der Waals surface area contributed by atoms with Crippen molar-refractivity contribution < 1.29 is 9.90 Å². The van der Waals surface area contributed by atoms with Gasteiger partial charge >= 0.3 is 0 Å². The summed E-state index contributed by atoms with van der Waals surface area (Å²) < 4.78 is 0. The molecule has 0 spiro atoms. The van der Waals surface area contributed by atoms with Gasteiger partial charge in [0.05, 0.1) is 11.5 Å². The molecule has 2 aliphatic rings. The summed E-state index contributed by atoms with van der Waals surface area (Å²) in [6.07, 6.45) is 5.53. The van der Waals surface area contributed by atoms with E-state index in [0.29, 0.717) is 18.1 Å². The number of ketones is 1. The number of carbonyl (C=O) groups is 1. The van der Waals surface area contributed by atoms with E-state index in [2.05, 4.69) is 0 Å². The largest absolute Gasteiger partial charge is 0.392 e. The zero-order valence-corrected chi connectivity index (χ0v) is 8.25. The Balaban J connectivity index is 2.27. The molecule has 0 aromatic heterocycles. The number of hydrogen-bond acceptors (Lipinski definition) is 2. The zero-order valence-electron chi connectivity index (χ0n) is 8.25. The van der Waals surface area contributed by atoms with Crippen molar-refractivity contribution in [3.8, 4) is 0 Å². The summed E-state index contributed by atoms with van der Waals surface area (Å²) >= 11 is 0. The summed E-state index contributed by atoms with van der Waals surface area (Å²) in [5.41, 5.74) is -0.392. The molecule has 0 saturated heterocycles. The van der Waals surface area contributed by atoms with Crippen LogP contribution in [-0.2, 0) is 4.79 Å². The number of rotatable bonds is 0. The molecule has 0 heterocycles. The minimum atomic E-state index is -0.392. The van der Waals surface area contributed by atoms with Crippen LogP contribution in [-0.4, -0.2) is 17.0 Å². The van der Waals surface area contributed by atoms with Crippen LogP contribution in [0.5, 0.6) is 0 Å². The maximum atomic E-state index is 11.8. The zero-order chi connectivity index (χ0) is 9.47. The molecular formula is C11H18O2. The van der Waals surface area contributed by atoms with Crippen molar-refractivity contribution in [1.82, 2.24) is 0 Å². The fourth-order valence-electron chi connectivity index (χ4n) is 3.07. The Morgan fingerprint density at radius 3 is 2.69 bits per heavy atom. The lowest BCUT2D eigenvalue weighted by molar-refractivity contribution is -0.148. The van der Waals surface area contributed by atoms with Gasteiger partial charge in [0.2, 0.25) is 0 Å². The maximum Gasteiger partial charge on any atom is 0.141 e. The molecule has 2 rings (SSSR count). The van der Waals surface area contributed by atoms with Gasteiger partial charge < -0.3 is 5.11 Å². The highest BCUT2D eigenvalue weighted by Gasteiger charge is 2.49. The lowest BCUT2D eigenvalue weighted by Crippen LogP contribution is -2.50. The fourth-order valence-corrected chi connectivity index (χ4v) is 3.07. The number of fused-ring (bicyclic) bond motifs is 1. The molecule has 0 aliphatic heterocycles. The van der Waals surface area contributed by atoms with Crippen molar-refractivity contribution in [3.63, 3.8) is 0 Å². The summed E-state index contributed by atoms with van der Waals surface area (Å²) in [6, 6.07) is 0. The van der Waals surface area contributed by atoms with Crippen LogP contribution in [0.15, 0.2) is 0 Å². The molecule has 0 aromatic rings. The second-order valence-electron chi connectivity index (χ2n) is 4.74. The molecule has 1 N–H and O–H groups in total. The first kappa shape index (κ1) is 9.20. The van der Waals surface area contributed by atoms with Gasteiger partial charge in [-0.15, -0.1) is 0 Å². The highest BCUT2D eigenvalue weighted by Crippen LogP contribution is 2.47. The van der Waals surface area contributed by atoms with Crippen molar-refractivity contribution in [1.29, 1.82) is 0 Å². The molecule has 2 aliphatic carbocycles. The predicted molar refractivity (Wildman–Crippen MR) is 50.3 cm³/mol. The summed E-state index contributed by atoms with van der Waals surface area (Å²) in [5.74, 6) is 0.758. The Morgan fingerprint density at radius 2 is 2.00 bits per heavy atom. The van der Waals surface area contributed by atoms with Gasteiger partial charge in [-0.2, -0.15) is 0 Å². The molecule has 0 radical (unpaired) electrons. The van der Waals surface area contributed by atoms with Crippen molar-refractivity contribution in [2.24, 2.45) is 11.3 Å². The molecule has 2 heteroatoms. The van der Waals surface area contributed by atoms with Crippen LogP contribution in [0, 0.1) is 11.3 Å². The molecule has 0 unspecified atom stereocenters. The van der Waals surface area contributed by atoms with E-state index in [4.69, 9.17) is 0 Å². The Bertz CT molecular complexity index is 222. The molecule has 0 amide bonds. The first-order valence-corrected chi connectivity index (χ1v) is 5.37. The van der Waals surface area contributed by atoms with Crippen LogP contribution >= 0.6 is 0 Å². The minimum absolute atomic E-state index is 0.302. The third-order valence-electron chi connectivity index (χ3n) is 4.13. The lowest BCUT2D eigenvalue weighted by atomic mass is 9.58. The fraction of sp³-hybridized carbons (Fsp3) is 0.909. The van der Waals surface area contributed by atoms with Gasteiger partial charge in [0.25, 0.3) is 0 Å². The van der Waals surface area contributed by atoms with Gasteiger partial charge in [-0.05, 0) is 38.5 Å². The molecule has 74 valence electrons. The van der Waals surface area contributed by atoms with Crippen molar-refractivity contribution >= 4 is 5.78 Å². The monoisotopic (exact) mass is 182 g/mol. The average molecular weight is 182 g/mol. The number of carbonyl (C=O) groups excluding carboxylic acids is 1. The average Bonchev–Trinajstić information content (AvgIpc) is 2.10. The van der Waals surface area contributed by atoms with Crippen LogP contribution in [0.2, 0.25) is 0 Å². The van der Waals surface area contributed by atoms with Gasteiger partial charge in [0.15, 0.2) is 0 Å². The first-order chi connectivity index (χ1) is 6.15. The van der Waals surface area contributed by atoms with Gasteiger partial charge in [-0.25, -0.2) is 0 Å². The Morgan fingerprint density at radius 1 is 1.31 bits per heavy atom. The van der Waals surface area contributed by atoms with E-state index >= 15 is 0 Å². The maximum absolute atomic E-state index is 11.8. The van der Waals surface area contributed by atoms with E-state index in [9.17, 15) is 9.90 Å². The van der Waals surface area contributed by atoms with E-state index in [1.807, 2.05) is 6.92 Å². The highest BCUT2D eigenvalue weighted by molar-refractivity contribution is 5.86. The topological polar surface area (TPSA) is 37.3 Å². The van der Waals surface area contributed by atoms with Gasteiger partial charge in [-0.1, -0.05) is 6.42 Å². The normalized spacial score (nSPS) is 45.8. The van der Waals surface area contributed by atoms with Gasteiger partial charge in [0.1, 0.15) is 5.78 Å². The number of aliphatic hydroxyl groups excluding tert-OH is 1. The molecule has 0 aromatic carbocycles. The van der Waals surface area contributed by atoms with Crippen LogP contribution in [0.4, 0.5) is 0 Å². The van der Waals surface area contributed by atoms with Crippen LogP contribution in [0.3, 0.4) is 0 Å². The smallest absolute Gasteiger partial charge is 0.141 e. The van der Waals surface area contributed by atoms with Crippen molar-refractivity contribution in [2.45, 2.75) is 51.6 Å². The quantitative estimate of drug-likeness (QED) is 0.621. The standard InChI is InChI=1S/C11H18O2/c1-11-8(4-2-6-9(11)12)5-3-7-10(11)13/h8-9,12H,2-7H2,1H3/t8-,9-,11-/m1/s1. The third-order valence-corrected chi connectivity index (χ3v) is 4.13. The Hall–Kier alpha value is -0.370. The van der Waals surface area contributed by atoms with Crippen LogP contribution < -0.4 is 0 Å². The van der Waals surface area contributed by atoms with Crippen LogP contribution in [0.25, 0.3) is 0 Å². The second-order valence-corrected chi connectivity index (χ2v) is 4.74. The molecule has 2 nitrogen and oxygen atoms in total. The van der Waals surface area contributed by atoms with Crippen LogP contribution in [0.1, 0.15) is 45.4 Å². The summed E-state index contributed by atoms with van der Waals surface area (Å²) in [7, 11) is 0. The molecule has 0 bridgehead atoms. The molecule has 3 atom stereocenters. The van der Waals surface area contributed by atoms with Crippen molar-refractivity contribution in [2.75, 3.05) is 0 Å². The van der Waals surface area contributed by atoms with E-state index in [1.54, 1.807) is 0 Å². The second kappa shape index (κ2) is 3.09. The molecule has 2 saturated carbocycles. The predicted octanol–water partition coefficient (Wildman–Crippen LogP) is 1.91. The summed E-state index contributed by atoms with van der Waals surface area (Å²) in [5, 5.41) is 9.91. The lowest BCUT2D eigenvalue weighted by Gasteiger charge is -2.46. The number of aliphatic hydroxyl groups is 1. The van der Waals surface area contributed by atoms with E-state index in [-0.39, 0.29) is 6.10 Å². The van der Waals surface area contributed by atoms with E-state index in [0.717, 1.165) is 32.1 Å².